The molecule has 2 nitrogen and oxygen atoms in total. The number of aliphatic hydroxyl groups is 1. The SMILES string of the molecule is OC1(C2CCCN(Cc3ccc4c(c3)Cc3ccccc3-4)C2)CC1. The zero-order valence-corrected chi connectivity index (χ0v) is 14.2. The number of piperidine rings is 1. The Morgan fingerprint density at radius 1 is 1.04 bits per heavy atom. The van der Waals surface area contributed by atoms with Crippen molar-refractivity contribution in [2.24, 2.45) is 5.92 Å². The van der Waals surface area contributed by atoms with Gasteiger partial charge >= 0.3 is 0 Å². The number of rotatable bonds is 3. The maximum atomic E-state index is 10.4. The number of nitrogens with zero attached hydrogens (tertiary/aromatic N) is 1. The topological polar surface area (TPSA) is 23.5 Å². The lowest BCUT2D eigenvalue weighted by atomic mass is 9.90. The van der Waals surface area contributed by atoms with Gasteiger partial charge < -0.3 is 5.11 Å². The minimum absolute atomic E-state index is 0.321. The van der Waals surface area contributed by atoms with Crippen molar-refractivity contribution < 1.29 is 5.11 Å². The van der Waals surface area contributed by atoms with Crippen molar-refractivity contribution in [3.05, 3.63) is 59.2 Å². The number of likely N-dealkylation sites (tertiary alicyclic amines) is 1. The highest BCUT2D eigenvalue weighted by Crippen LogP contribution is 2.45. The van der Waals surface area contributed by atoms with Gasteiger partial charge in [0.15, 0.2) is 0 Å². The van der Waals surface area contributed by atoms with Crippen LogP contribution in [0.15, 0.2) is 42.5 Å². The second-order valence-electron chi connectivity index (χ2n) is 8.00. The molecule has 1 aliphatic heterocycles. The molecule has 1 saturated carbocycles. The number of fused-ring (bicyclic) bond motifs is 3. The van der Waals surface area contributed by atoms with Gasteiger partial charge in [-0.2, -0.15) is 0 Å². The van der Waals surface area contributed by atoms with E-state index in [-0.39, 0.29) is 5.60 Å². The summed E-state index contributed by atoms with van der Waals surface area (Å²) in [5.74, 6) is 0.491. The fraction of sp³-hybridized carbons (Fsp3) is 0.455. The molecule has 124 valence electrons. The first-order chi connectivity index (χ1) is 11.7. The van der Waals surface area contributed by atoms with Gasteiger partial charge in [0.05, 0.1) is 5.60 Å². The molecule has 2 aromatic carbocycles. The van der Waals surface area contributed by atoms with Crippen LogP contribution in [0.3, 0.4) is 0 Å². The van der Waals surface area contributed by atoms with E-state index in [0.29, 0.717) is 5.92 Å². The lowest BCUT2D eigenvalue weighted by Gasteiger charge is -2.35. The van der Waals surface area contributed by atoms with Crippen molar-refractivity contribution in [3.63, 3.8) is 0 Å². The van der Waals surface area contributed by atoms with E-state index in [2.05, 4.69) is 47.4 Å². The molecule has 2 aliphatic carbocycles. The van der Waals surface area contributed by atoms with Crippen LogP contribution in [0, 0.1) is 5.92 Å². The van der Waals surface area contributed by atoms with Crippen LogP contribution in [-0.2, 0) is 13.0 Å². The predicted octanol–water partition coefficient (Wildman–Crippen LogP) is 3.99. The molecule has 1 unspecified atom stereocenters. The van der Waals surface area contributed by atoms with Crippen LogP contribution in [0.1, 0.15) is 42.4 Å². The van der Waals surface area contributed by atoms with E-state index in [1.807, 2.05) is 0 Å². The normalized spacial score (nSPS) is 24.5. The average molecular weight is 319 g/mol. The van der Waals surface area contributed by atoms with Crippen molar-refractivity contribution >= 4 is 0 Å². The van der Waals surface area contributed by atoms with E-state index < -0.39 is 0 Å². The van der Waals surface area contributed by atoms with Gasteiger partial charge in [-0.1, -0.05) is 42.5 Å². The highest BCUT2D eigenvalue weighted by atomic mass is 16.3. The van der Waals surface area contributed by atoms with Gasteiger partial charge in [-0.15, -0.1) is 0 Å². The molecule has 0 aromatic heterocycles. The van der Waals surface area contributed by atoms with Gasteiger partial charge in [0.2, 0.25) is 0 Å². The Labute approximate surface area is 144 Å². The molecule has 0 spiro atoms. The number of hydrogen-bond acceptors (Lipinski definition) is 2. The molecule has 1 atom stereocenters. The second-order valence-corrected chi connectivity index (χ2v) is 8.00. The van der Waals surface area contributed by atoms with E-state index in [1.54, 1.807) is 0 Å². The standard InChI is InChI=1S/C22H25NO/c24-22(9-10-22)19-5-3-11-23(15-19)14-16-7-8-21-18(12-16)13-17-4-1-2-6-20(17)21/h1-2,4,6-8,12,19,24H,3,5,9-11,13-15H2. The molecule has 0 amide bonds. The molecular formula is C22H25NO. The first-order valence-corrected chi connectivity index (χ1v) is 9.36. The Hall–Kier alpha value is -1.64. The predicted molar refractivity (Wildman–Crippen MR) is 96.9 cm³/mol. The third kappa shape index (κ3) is 2.49. The first kappa shape index (κ1) is 14.7. The fourth-order valence-electron chi connectivity index (χ4n) is 4.73. The summed E-state index contributed by atoms with van der Waals surface area (Å²) in [6.45, 7) is 3.26. The zero-order valence-electron chi connectivity index (χ0n) is 14.2. The van der Waals surface area contributed by atoms with Crippen LogP contribution in [0.2, 0.25) is 0 Å². The summed E-state index contributed by atoms with van der Waals surface area (Å²) in [5.41, 5.74) is 6.86. The third-order valence-corrected chi connectivity index (χ3v) is 6.29. The van der Waals surface area contributed by atoms with Gasteiger partial charge in [-0.25, -0.2) is 0 Å². The molecule has 0 bridgehead atoms. The number of hydrogen-bond donors (Lipinski definition) is 1. The van der Waals surface area contributed by atoms with E-state index in [1.165, 1.54) is 47.2 Å². The van der Waals surface area contributed by atoms with Crippen molar-refractivity contribution in [3.8, 4) is 11.1 Å². The maximum Gasteiger partial charge on any atom is 0.0690 e. The molecular weight excluding hydrogens is 294 g/mol. The molecule has 1 N–H and O–H groups in total. The minimum Gasteiger partial charge on any atom is -0.390 e. The molecule has 0 radical (unpaired) electrons. The fourth-order valence-corrected chi connectivity index (χ4v) is 4.73. The van der Waals surface area contributed by atoms with Gasteiger partial charge in [0, 0.05) is 19.0 Å². The second kappa shape index (κ2) is 5.44. The highest BCUT2D eigenvalue weighted by molar-refractivity contribution is 5.76. The third-order valence-electron chi connectivity index (χ3n) is 6.29. The lowest BCUT2D eigenvalue weighted by Crippen LogP contribution is -2.40. The lowest BCUT2D eigenvalue weighted by molar-refractivity contribution is 0.0292. The summed E-state index contributed by atoms with van der Waals surface area (Å²) in [4.78, 5) is 2.55. The van der Waals surface area contributed by atoms with Gasteiger partial charge in [-0.3, -0.25) is 4.90 Å². The summed E-state index contributed by atoms with van der Waals surface area (Å²) < 4.78 is 0. The van der Waals surface area contributed by atoms with Crippen LogP contribution in [-0.4, -0.2) is 28.7 Å². The van der Waals surface area contributed by atoms with E-state index >= 15 is 0 Å². The van der Waals surface area contributed by atoms with Crippen molar-refractivity contribution in [2.75, 3.05) is 13.1 Å². The van der Waals surface area contributed by atoms with Crippen molar-refractivity contribution in [1.29, 1.82) is 0 Å². The van der Waals surface area contributed by atoms with E-state index in [0.717, 1.165) is 32.4 Å². The van der Waals surface area contributed by atoms with Gasteiger partial charge in [-0.05, 0) is 66.5 Å². The molecule has 2 heteroatoms. The molecule has 1 saturated heterocycles. The Kier molecular flexibility index (Phi) is 3.33. The Morgan fingerprint density at radius 2 is 1.88 bits per heavy atom. The minimum atomic E-state index is -0.321. The molecule has 1 heterocycles. The summed E-state index contributed by atoms with van der Waals surface area (Å²) in [7, 11) is 0. The molecule has 2 aromatic rings. The zero-order chi connectivity index (χ0) is 16.1. The summed E-state index contributed by atoms with van der Waals surface area (Å²) in [6.07, 6.45) is 5.53. The first-order valence-electron chi connectivity index (χ1n) is 9.36. The van der Waals surface area contributed by atoms with Crippen LogP contribution in [0.5, 0.6) is 0 Å². The van der Waals surface area contributed by atoms with Crippen LogP contribution >= 0.6 is 0 Å². The van der Waals surface area contributed by atoms with E-state index in [4.69, 9.17) is 0 Å². The quantitative estimate of drug-likeness (QED) is 0.789. The summed E-state index contributed by atoms with van der Waals surface area (Å²) in [5, 5.41) is 10.4. The van der Waals surface area contributed by atoms with Crippen LogP contribution < -0.4 is 0 Å². The Bertz CT molecular complexity index is 777. The number of benzene rings is 2. The Balaban J connectivity index is 1.33. The smallest absolute Gasteiger partial charge is 0.0690 e. The average Bonchev–Trinajstić information content (AvgIpc) is 3.25. The molecule has 24 heavy (non-hydrogen) atoms. The molecule has 3 aliphatic rings. The summed E-state index contributed by atoms with van der Waals surface area (Å²) >= 11 is 0. The summed E-state index contributed by atoms with van der Waals surface area (Å²) in [6, 6.07) is 15.8. The Morgan fingerprint density at radius 3 is 2.75 bits per heavy atom. The van der Waals surface area contributed by atoms with Crippen LogP contribution in [0.4, 0.5) is 0 Å². The van der Waals surface area contributed by atoms with Crippen molar-refractivity contribution in [1.82, 2.24) is 4.90 Å². The van der Waals surface area contributed by atoms with E-state index in [9.17, 15) is 5.11 Å². The van der Waals surface area contributed by atoms with Gasteiger partial charge in [0.25, 0.3) is 0 Å². The molecule has 2 fully saturated rings. The maximum absolute atomic E-state index is 10.4. The largest absolute Gasteiger partial charge is 0.390 e. The highest BCUT2D eigenvalue weighted by Gasteiger charge is 2.48. The van der Waals surface area contributed by atoms with Crippen molar-refractivity contribution in [2.45, 2.75) is 44.2 Å². The molecule has 5 rings (SSSR count). The van der Waals surface area contributed by atoms with Crippen LogP contribution in [0.25, 0.3) is 11.1 Å². The monoisotopic (exact) mass is 319 g/mol. The van der Waals surface area contributed by atoms with Gasteiger partial charge in [0.1, 0.15) is 0 Å².